The minimum atomic E-state index is -1.32. The van der Waals surface area contributed by atoms with Gasteiger partial charge in [0.2, 0.25) is 0 Å². The summed E-state index contributed by atoms with van der Waals surface area (Å²) in [7, 11) is 0. The van der Waals surface area contributed by atoms with E-state index in [4.69, 9.17) is 11.6 Å². The normalized spacial score (nSPS) is 12.5. The second-order valence-electron chi connectivity index (χ2n) is 3.63. The van der Waals surface area contributed by atoms with Gasteiger partial charge in [0.25, 0.3) is 0 Å². The van der Waals surface area contributed by atoms with Crippen LogP contribution in [-0.2, 0) is 5.11 Å². The minimum Gasteiger partial charge on any atom is -0.223 e. The van der Waals surface area contributed by atoms with Crippen molar-refractivity contribution in [2.75, 3.05) is 0 Å². The molecular formula is C13H8ClF2O. The highest BCUT2D eigenvalue weighted by Gasteiger charge is 2.14. The van der Waals surface area contributed by atoms with E-state index < -0.39 is 17.7 Å². The molecule has 1 unspecified atom stereocenters. The van der Waals surface area contributed by atoms with Crippen molar-refractivity contribution in [1.82, 2.24) is 0 Å². The molecule has 0 aromatic heterocycles. The van der Waals surface area contributed by atoms with Crippen LogP contribution in [0.25, 0.3) is 0 Å². The highest BCUT2D eigenvalue weighted by molar-refractivity contribution is 6.30. The highest BCUT2D eigenvalue weighted by atomic mass is 35.5. The number of hydrogen-bond donors (Lipinski definition) is 0. The van der Waals surface area contributed by atoms with Crippen LogP contribution in [0.4, 0.5) is 8.78 Å². The van der Waals surface area contributed by atoms with Gasteiger partial charge in [0.1, 0.15) is 17.7 Å². The summed E-state index contributed by atoms with van der Waals surface area (Å²) >= 11 is 5.69. The Labute approximate surface area is 102 Å². The molecule has 1 nitrogen and oxygen atoms in total. The monoisotopic (exact) mass is 253 g/mol. The second-order valence-corrected chi connectivity index (χ2v) is 4.07. The predicted molar refractivity (Wildman–Crippen MR) is 60.3 cm³/mol. The maximum atomic E-state index is 13.0. The van der Waals surface area contributed by atoms with Crippen molar-refractivity contribution in [1.29, 1.82) is 0 Å². The maximum absolute atomic E-state index is 13.0. The van der Waals surface area contributed by atoms with Gasteiger partial charge in [-0.15, -0.1) is 0 Å². The van der Waals surface area contributed by atoms with Crippen molar-refractivity contribution >= 4 is 11.6 Å². The molecule has 0 saturated heterocycles. The molecule has 1 atom stereocenters. The van der Waals surface area contributed by atoms with Gasteiger partial charge in [-0.05, 0) is 35.4 Å². The zero-order chi connectivity index (χ0) is 12.4. The molecular weight excluding hydrogens is 246 g/mol. The Morgan fingerprint density at radius 3 is 1.94 bits per heavy atom. The molecule has 0 N–H and O–H groups in total. The van der Waals surface area contributed by atoms with E-state index in [9.17, 15) is 13.9 Å². The number of benzene rings is 2. The van der Waals surface area contributed by atoms with Gasteiger partial charge >= 0.3 is 0 Å². The van der Waals surface area contributed by atoms with E-state index in [1.54, 1.807) is 24.3 Å². The van der Waals surface area contributed by atoms with Crippen LogP contribution in [0.15, 0.2) is 42.5 Å². The summed E-state index contributed by atoms with van der Waals surface area (Å²) in [6.45, 7) is 0. The average molecular weight is 254 g/mol. The molecule has 0 amide bonds. The lowest BCUT2D eigenvalue weighted by molar-refractivity contribution is 0.124. The summed E-state index contributed by atoms with van der Waals surface area (Å²) in [6.07, 6.45) is -1.32. The molecule has 0 spiro atoms. The van der Waals surface area contributed by atoms with Gasteiger partial charge in [-0.1, -0.05) is 23.7 Å². The summed E-state index contributed by atoms with van der Waals surface area (Å²) < 4.78 is 25.9. The first-order valence-corrected chi connectivity index (χ1v) is 5.31. The van der Waals surface area contributed by atoms with Crippen LogP contribution < -0.4 is 0 Å². The molecule has 0 aliphatic rings. The molecule has 87 valence electrons. The van der Waals surface area contributed by atoms with Crippen LogP contribution in [0.3, 0.4) is 0 Å². The summed E-state index contributed by atoms with van der Waals surface area (Å²) in [5, 5.41) is 12.5. The molecule has 0 fully saturated rings. The summed E-state index contributed by atoms with van der Waals surface area (Å²) in [6, 6.07) is 9.03. The molecule has 1 radical (unpaired) electrons. The Kier molecular flexibility index (Phi) is 3.41. The number of hydrogen-bond acceptors (Lipinski definition) is 0. The fourth-order valence-electron chi connectivity index (χ4n) is 1.56. The van der Waals surface area contributed by atoms with E-state index in [1.165, 1.54) is 0 Å². The van der Waals surface area contributed by atoms with Gasteiger partial charge < -0.3 is 0 Å². The first-order valence-electron chi connectivity index (χ1n) is 4.93. The third-order valence-electron chi connectivity index (χ3n) is 2.36. The molecule has 2 aromatic rings. The summed E-state index contributed by atoms with van der Waals surface area (Å²) in [5.41, 5.74) is 0.476. The molecule has 0 aliphatic carbocycles. The van der Waals surface area contributed by atoms with Crippen molar-refractivity contribution in [3.05, 3.63) is 70.2 Å². The predicted octanol–water partition coefficient (Wildman–Crippen LogP) is 4.14. The van der Waals surface area contributed by atoms with Crippen molar-refractivity contribution in [2.45, 2.75) is 6.10 Å². The molecule has 0 saturated carbocycles. The smallest absolute Gasteiger partial charge is 0.143 e. The van der Waals surface area contributed by atoms with E-state index in [-0.39, 0.29) is 5.56 Å². The van der Waals surface area contributed by atoms with Gasteiger partial charge in [-0.3, -0.25) is 0 Å². The molecule has 17 heavy (non-hydrogen) atoms. The van der Waals surface area contributed by atoms with Crippen LogP contribution in [0, 0.1) is 11.6 Å². The standard InChI is InChI=1S/C13H8ClF2O/c14-10-3-1-8(2-4-10)13(17)9-5-11(15)7-12(16)6-9/h1-7,13H. The minimum absolute atomic E-state index is 0.0600. The molecule has 0 bridgehead atoms. The first-order chi connectivity index (χ1) is 8.06. The zero-order valence-corrected chi connectivity index (χ0v) is 9.42. The van der Waals surface area contributed by atoms with Gasteiger partial charge in [-0.2, -0.15) is 0 Å². The summed E-state index contributed by atoms with van der Waals surface area (Å²) in [4.78, 5) is 0. The fraction of sp³-hybridized carbons (Fsp3) is 0.0769. The van der Waals surface area contributed by atoms with Crippen LogP contribution in [-0.4, -0.2) is 0 Å². The Morgan fingerprint density at radius 1 is 0.882 bits per heavy atom. The first kappa shape index (κ1) is 12.0. The maximum Gasteiger partial charge on any atom is 0.143 e. The third kappa shape index (κ3) is 2.81. The van der Waals surface area contributed by atoms with Crippen molar-refractivity contribution in [2.24, 2.45) is 0 Å². The largest absolute Gasteiger partial charge is 0.223 e. The van der Waals surface area contributed by atoms with E-state index in [0.29, 0.717) is 10.6 Å². The number of halogens is 3. The topological polar surface area (TPSA) is 19.9 Å². The Balaban J connectivity index is 2.36. The van der Waals surface area contributed by atoms with E-state index >= 15 is 0 Å². The van der Waals surface area contributed by atoms with E-state index in [2.05, 4.69) is 0 Å². The van der Waals surface area contributed by atoms with Crippen LogP contribution in [0.2, 0.25) is 5.02 Å². The van der Waals surface area contributed by atoms with Crippen molar-refractivity contribution in [3.8, 4) is 0 Å². The van der Waals surface area contributed by atoms with E-state index in [1.807, 2.05) is 0 Å². The van der Waals surface area contributed by atoms with Gasteiger partial charge in [0.05, 0.1) is 0 Å². The Hall–Kier alpha value is -1.45. The van der Waals surface area contributed by atoms with Crippen molar-refractivity contribution < 1.29 is 13.9 Å². The molecule has 2 rings (SSSR count). The van der Waals surface area contributed by atoms with Crippen LogP contribution in [0.1, 0.15) is 17.2 Å². The summed E-state index contributed by atoms with van der Waals surface area (Å²) in [5.74, 6) is -1.51. The SMILES string of the molecule is [O]C(c1ccc(Cl)cc1)c1cc(F)cc(F)c1. The van der Waals surface area contributed by atoms with Crippen molar-refractivity contribution in [3.63, 3.8) is 0 Å². The second kappa shape index (κ2) is 4.82. The van der Waals surface area contributed by atoms with E-state index in [0.717, 1.165) is 18.2 Å². The van der Waals surface area contributed by atoms with Crippen LogP contribution in [0.5, 0.6) is 0 Å². The van der Waals surface area contributed by atoms with Crippen LogP contribution >= 0.6 is 11.6 Å². The Bertz CT molecular complexity index is 505. The molecule has 0 heterocycles. The molecule has 4 heteroatoms. The van der Waals surface area contributed by atoms with Gasteiger partial charge in [0.15, 0.2) is 0 Å². The fourth-order valence-corrected chi connectivity index (χ4v) is 1.68. The molecule has 0 aliphatic heterocycles. The number of rotatable bonds is 2. The lowest BCUT2D eigenvalue weighted by atomic mass is 10.0. The third-order valence-corrected chi connectivity index (χ3v) is 2.61. The van der Waals surface area contributed by atoms with Gasteiger partial charge in [0, 0.05) is 11.1 Å². The van der Waals surface area contributed by atoms with Gasteiger partial charge in [-0.25, -0.2) is 13.9 Å². The lowest BCUT2D eigenvalue weighted by Crippen LogP contribution is -1.99. The quantitative estimate of drug-likeness (QED) is 0.767. The average Bonchev–Trinajstić information content (AvgIpc) is 2.28. The molecule has 2 aromatic carbocycles. The Morgan fingerprint density at radius 2 is 1.41 bits per heavy atom. The zero-order valence-electron chi connectivity index (χ0n) is 8.66. The highest BCUT2D eigenvalue weighted by Crippen LogP contribution is 2.25. The lowest BCUT2D eigenvalue weighted by Gasteiger charge is -2.09.